The number of hydrogen-bond acceptors (Lipinski definition) is 2. The zero-order valence-electron chi connectivity index (χ0n) is 11.0. The van der Waals surface area contributed by atoms with Gasteiger partial charge in [-0.25, -0.2) is 0 Å². The lowest BCUT2D eigenvalue weighted by atomic mass is 10.2. The molecule has 3 nitrogen and oxygen atoms in total. The van der Waals surface area contributed by atoms with E-state index >= 15 is 0 Å². The van der Waals surface area contributed by atoms with Gasteiger partial charge in [0.25, 0.3) is 0 Å². The van der Waals surface area contributed by atoms with Crippen LogP contribution in [0.5, 0.6) is 0 Å². The van der Waals surface area contributed by atoms with Gasteiger partial charge < -0.3 is 10.3 Å². The first-order valence-electron chi connectivity index (χ1n) is 6.51. The van der Waals surface area contributed by atoms with Gasteiger partial charge in [-0.2, -0.15) is 0 Å². The Morgan fingerprint density at radius 1 is 1.11 bits per heavy atom. The summed E-state index contributed by atoms with van der Waals surface area (Å²) in [7, 11) is 0. The zero-order chi connectivity index (χ0) is 13.1. The molecule has 3 aromatic rings. The topological polar surface area (TPSA) is 40.7 Å². The lowest BCUT2D eigenvalue weighted by molar-refractivity contribution is 0.678. The summed E-state index contributed by atoms with van der Waals surface area (Å²) in [5.41, 5.74) is 4.74. The van der Waals surface area contributed by atoms with Gasteiger partial charge in [0.15, 0.2) is 0 Å². The summed E-state index contributed by atoms with van der Waals surface area (Å²) < 4.78 is 0. The molecule has 0 aliphatic heterocycles. The minimum atomic E-state index is 0.836. The molecule has 3 heteroatoms. The highest BCUT2D eigenvalue weighted by atomic mass is 14.9. The van der Waals surface area contributed by atoms with Crippen molar-refractivity contribution in [3.8, 4) is 0 Å². The summed E-state index contributed by atoms with van der Waals surface area (Å²) >= 11 is 0. The number of pyridine rings is 1. The normalized spacial score (nSPS) is 11.0. The summed E-state index contributed by atoms with van der Waals surface area (Å²) in [4.78, 5) is 7.71. The van der Waals surface area contributed by atoms with E-state index < -0.39 is 0 Å². The third kappa shape index (κ3) is 2.66. The number of benzene rings is 1. The first-order valence-corrected chi connectivity index (χ1v) is 6.51. The van der Waals surface area contributed by atoms with Gasteiger partial charge in [0.1, 0.15) is 0 Å². The van der Waals surface area contributed by atoms with Crippen molar-refractivity contribution in [2.24, 2.45) is 0 Å². The molecule has 2 heterocycles. The summed E-state index contributed by atoms with van der Waals surface area (Å²) in [6.07, 6.45) is 1.83. The van der Waals surface area contributed by atoms with Gasteiger partial charge in [0, 0.05) is 36.2 Å². The van der Waals surface area contributed by atoms with Crippen molar-refractivity contribution in [1.82, 2.24) is 15.3 Å². The molecule has 3 rings (SSSR count). The van der Waals surface area contributed by atoms with E-state index in [0.29, 0.717) is 0 Å². The van der Waals surface area contributed by atoms with E-state index in [1.807, 2.05) is 19.2 Å². The van der Waals surface area contributed by atoms with Crippen LogP contribution in [0.3, 0.4) is 0 Å². The number of fused-ring (bicyclic) bond motifs is 1. The largest absolute Gasteiger partial charge is 0.357 e. The highest BCUT2D eigenvalue weighted by molar-refractivity contribution is 5.80. The second-order valence-electron chi connectivity index (χ2n) is 4.73. The van der Waals surface area contributed by atoms with Crippen molar-refractivity contribution in [3.05, 3.63) is 65.6 Å². The standard InChI is InChI=1S/C16H17N3/c1-12-14(6-4-8-18-12)10-17-11-15-9-13-5-2-3-7-16(13)19-15/h2-9,17,19H,10-11H2,1H3. The highest BCUT2D eigenvalue weighted by Gasteiger charge is 2.01. The smallest absolute Gasteiger partial charge is 0.0456 e. The van der Waals surface area contributed by atoms with Gasteiger partial charge in [-0.05, 0) is 36.1 Å². The zero-order valence-corrected chi connectivity index (χ0v) is 11.0. The van der Waals surface area contributed by atoms with Crippen LogP contribution in [0, 0.1) is 6.92 Å². The molecule has 2 aromatic heterocycles. The van der Waals surface area contributed by atoms with Crippen LogP contribution >= 0.6 is 0 Å². The number of aryl methyl sites for hydroxylation is 1. The second-order valence-corrected chi connectivity index (χ2v) is 4.73. The van der Waals surface area contributed by atoms with E-state index in [9.17, 15) is 0 Å². The third-order valence-electron chi connectivity index (χ3n) is 3.33. The lowest BCUT2D eigenvalue weighted by Gasteiger charge is -2.05. The van der Waals surface area contributed by atoms with Crippen LogP contribution in [0.2, 0.25) is 0 Å². The number of rotatable bonds is 4. The number of aromatic amines is 1. The van der Waals surface area contributed by atoms with Crippen LogP contribution < -0.4 is 5.32 Å². The molecule has 0 atom stereocenters. The summed E-state index contributed by atoms with van der Waals surface area (Å²) in [6.45, 7) is 3.72. The SMILES string of the molecule is Cc1ncccc1CNCc1cc2ccccc2[nH]1. The molecular formula is C16H17N3. The third-order valence-corrected chi connectivity index (χ3v) is 3.33. The van der Waals surface area contributed by atoms with Gasteiger partial charge in [0.05, 0.1) is 0 Å². The monoisotopic (exact) mass is 251 g/mol. The fourth-order valence-corrected chi connectivity index (χ4v) is 2.26. The average molecular weight is 251 g/mol. The molecule has 0 radical (unpaired) electrons. The predicted molar refractivity (Wildman–Crippen MR) is 77.8 cm³/mol. The molecule has 1 aromatic carbocycles. The van der Waals surface area contributed by atoms with Crippen LogP contribution in [0.15, 0.2) is 48.7 Å². The Morgan fingerprint density at radius 2 is 2.00 bits per heavy atom. The first-order chi connectivity index (χ1) is 9.33. The maximum Gasteiger partial charge on any atom is 0.0456 e. The van der Waals surface area contributed by atoms with Gasteiger partial charge in [0.2, 0.25) is 0 Å². The average Bonchev–Trinajstić information content (AvgIpc) is 2.83. The minimum Gasteiger partial charge on any atom is -0.357 e. The number of H-pyrrole nitrogens is 1. The van der Waals surface area contributed by atoms with E-state index in [1.165, 1.54) is 22.2 Å². The highest BCUT2D eigenvalue weighted by Crippen LogP contribution is 2.14. The molecule has 0 aliphatic rings. The summed E-state index contributed by atoms with van der Waals surface area (Å²) in [5, 5.41) is 4.71. The van der Waals surface area contributed by atoms with E-state index in [2.05, 4.69) is 51.7 Å². The molecule has 0 fully saturated rings. The Kier molecular flexibility index (Phi) is 3.29. The molecule has 0 unspecified atom stereocenters. The lowest BCUT2D eigenvalue weighted by Crippen LogP contribution is -2.14. The Balaban J connectivity index is 1.65. The molecule has 0 amide bonds. The number of hydrogen-bond donors (Lipinski definition) is 2. The molecule has 2 N–H and O–H groups in total. The van der Waals surface area contributed by atoms with Crippen molar-refractivity contribution < 1.29 is 0 Å². The Morgan fingerprint density at radius 3 is 2.84 bits per heavy atom. The fourth-order valence-electron chi connectivity index (χ4n) is 2.26. The maximum atomic E-state index is 4.29. The van der Waals surface area contributed by atoms with Crippen LogP contribution in [0.1, 0.15) is 17.0 Å². The molecule has 0 saturated heterocycles. The van der Waals surface area contributed by atoms with Gasteiger partial charge in [-0.15, -0.1) is 0 Å². The van der Waals surface area contributed by atoms with Crippen molar-refractivity contribution in [1.29, 1.82) is 0 Å². The summed E-state index contributed by atoms with van der Waals surface area (Å²) in [5.74, 6) is 0. The number of nitrogens with zero attached hydrogens (tertiary/aromatic N) is 1. The number of nitrogens with one attached hydrogen (secondary N) is 2. The van der Waals surface area contributed by atoms with Crippen LogP contribution in [-0.2, 0) is 13.1 Å². The van der Waals surface area contributed by atoms with E-state index in [0.717, 1.165) is 18.8 Å². The summed E-state index contributed by atoms with van der Waals surface area (Å²) in [6, 6.07) is 14.6. The molecule has 96 valence electrons. The van der Waals surface area contributed by atoms with Gasteiger partial charge in [-0.1, -0.05) is 24.3 Å². The number of aromatic nitrogens is 2. The molecule has 0 spiro atoms. The minimum absolute atomic E-state index is 0.836. The Hall–Kier alpha value is -2.13. The van der Waals surface area contributed by atoms with Crippen molar-refractivity contribution in [3.63, 3.8) is 0 Å². The molecular weight excluding hydrogens is 234 g/mol. The van der Waals surface area contributed by atoms with E-state index in [-0.39, 0.29) is 0 Å². The second kappa shape index (κ2) is 5.24. The van der Waals surface area contributed by atoms with Crippen LogP contribution in [0.4, 0.5) is 0 Å². The van der Waals surface area contributed by atoms with Gasteiger partial charge in [-0.3, -0.25) is 4.98 Å². The molecule has 19 heavy (non-hydrogen) atoms. The fraction of sp³-hybridized carbons (Fsp3) is 0.188. The molecule has 0 saturated carbocycles. The molecule has 0 bridgehead atoms. The van der Waals surface area contributed by atoms with E-state index in [4.69, 9.17) is 0 Å². The van der Waals surface area contributed by atoms with Crippen molar-refractivity contribution >= 4 is 10.9 Å². The van der Waals surface area contributed by atoms with E-state index in [1.54, 1.807) is 0 Å². The Labute approximate surface area is 112 Å². The van der Waals surface area contributed by atoms with Crippen LogP contribution in [0.25, 0.3) is 10.9 Å². The quantitative estimate of drug-likeness (QED) is 0.747. The van der Waals surface area contributed by atoms with Gasteiger partial charge >= 0.3 is 0 Å². The first kappa shape index (κ1) is 11.9. The van der Waals surface area contributed by atoms with Crippen LogP contribution in [-0.4, -0.2) is 9.97 Å². The maximum absolute atomic E-state index is 4.29. The Bertz CT molecular complexity index is 652. The molecule has 0 aliphatic carbocycles. The van der Waals surface area contributed by atoms with Crippen molar-refractivity contribution in [2.75, 3.05) is 0 Å². The van der Waals surface area contributed by atoms with Crippen molar-refractivity contribution in [2.45, 2.75) is 20.0 Å². The predicted octanol–water partition coefficient (Wildman–Crippen LogP) is 3.16. The number of para-hydroxylation sites is 1.